The van der Waals surface area contributed by atoms with E-state index in [1.165, 1.54) is 0 Å². The van der Waals surface area contributed by atoms with Crippen LogP contribution in [-0.2, 0) is 0 Å². The van der Waals surface area contributed by atoms with Crippen molar-refractivity contribution in [1.29, 1.82) is 0 Å². The molecule has 0 aromatic heterocycles. The SMILES string of the molecule is CCCOc1ccccc1OCC(CC)CS. The Bertz CT molecular complexity index is 311. The molecule has 96 valence electrons. The van der Waals surface area contributed by atoms with Crippen LogP contribution in [0.1, 0.15) is 26.7 Å². The predicted molar refractivity (Wildman–Crippen MR) is 75.4 cm³/mol. The number of ether oxygens (including phenoxy) is 2. The Morgan fingerprint density at radius 3 is 2.29 bits per heavy atom. The average molecular weight is 254 g/mol. The van der Waals surface area contributed by atoms with Crippen LogP contribution < -0.4 is 9.47 Å². The zero-order valence-corrected chi connectivity index (χ0v) is 11.6. The fraction of sp³-hybridized carbons (Fsp3) is 0.571. The summed E-state index contributed by atoms with van der Waals surface area (Å²) in [7, 11) is 0. The first-order chi connectivity index (χ1) is 8.31. The lowest BCUT2D eigenvalue weighted by Crippen LogP contribution is -2.13. The molecule has 1 aromatic rings. The smallest absolute Gasteiger partial charge is 0.161 e. The molecule has 2 nitrogen and oxygen atoms in total. The lowest BCUT2D eigenvalue weighted by Gasteiger charge is -2.16. The molecule has 0 aliphatic heterocycles. The van der Waals surface area contributed by atoms with Crippen LogP contribution in [0.4, 0.5) is 0 Å². The molecule has 17 heavy (non-hydrogen) atoms. The number of benzene rings is 1. The van der Waals surface area contributed by atoms with Crippen molar-refractivity contribution in [2.45, 2.75) is 26.7 Å². The number of rotatable bonds is 8. The van der Waals surface area contributed by atoms with Crippen molar-refractivity contribution in [2.24, 2.45) is 5.92 Å². The number of para-hydroxylation sites is 2. The molecule has 0 aliphatic carbocycles. The fourth-order valence-electron chi connectivity index (χ4n) is 1.41. The summed E-state index contributed by atoms with van der Waals surface area (Å²) in [5.74, 6) is 3.02. The van der Waals surface area contributed by atoms with E-state index in [1.54, 1.807) is 0 Å². The third-order valence-corrected chi connectivity index (χ3v) is 3.14. The molecule has 1 rings (SSSR count). The lowest BCUT2D eigenvalue weighted by atomic mass is 10.1. The Hall–Kier alpha value is -0.830. The first kappa shape index (κ1) is 14.2. The molecule has 0 radical (unpaired) electrons. The molecule has 0 aliphatic rings. The van der Waals surface area contributed by atoms with Crippen LogP contribution in [0.2, 0.25) is 0 Å². The highest BCUT2D eigenvalue weighted by molar-refractivity contribution is 7.80. The first-order valence-corrected chi connectivity index (χ1v) is 6.90. The van der Waals surface area contributed by atoms with Gasteiger partial charge in [0.25, 0.3) is 0 Å². The Morgan fingerprint density at radius 1 is 1.12 bits per heavy atom. The van der Waals surface area contributed by atoms with Crippen LogP contribution in [0.5, 0.6) is 11.5 Å². The van der Waals surface area contributed by atoms with Crippen molar-refractivity contribution in [1.82, 2.24) is 0 Å². The van der Waals surface area contributed by atoms with Crippen molar-refractivity contribution >= 4 is 12.6 Å². The molecule has 3 heteroatoms. The van der Waals surface area contributed by atoms with Gasteiger partial charge in [0.15, 0.2) is 11.5 Å². The highest BCUT2D eigenvalue weighted by Crippen LogP contribution is 2.27. The standard InChI is InChI=1S/C14H22O2S/c1-3-9-15-13-7-5-6-8-14(13)16-10-12(4-2)11-17/h5-8,12,17H,3-4,9-11H2,1-2H3. The van der Waals surface area contributed by atoms with Crippen molar-refractivity contribution in [3.8, 4) is 11.5 Å². The third-order valence-electron chi connectivity index (χ3n) is 2.62. The second-order valence-corrected chi connectivity index (χ2v) is 4.43. The Labute approximate surface area is 110 Å². The van der Waals surface area contributed by atoms with Gasteiger partial charge in [-0.3, -0.25) is 0 Å². The molecular formula is C14H22O2S. The van der Waals surface area contributed by atoms with Crippen LogP contribution >= 0.6 is 12.6 Å². The molecule has 1 atom stereocenters. The highest BCUT2D eigenvalue weighted by Gasteiger charge is 2.08. The summed E-state index contributed by atoms with van der Waals surface area (Å²) in [6.07, 6.45) is 2.09. The van der Waals surface area contributed by atoms with Gasteiger partial charge in [-0.15, -0.1) is 0 Å². The van der Waals surface area contributed by atoms with E-state index in [9.17, 15) is 0 Å². The number of thiol groups is 1. The van der Waals surface area contributed by atoms with Crippen molar-refractivity contribution in [2.75, 3.05) is 19.0 Å². The summed E-state index contributed by atoms with van der Waals surface area (Å²) in [5, 5.41) is 0. The maximum absolute atomic E-state index is 5.80. The summed E-state index contributed by atoms with van der Waals surface area (Å²) >= 11 is 4.31. The normalized spacial score (nSPS) is 12.2. The first-order valence-electron chi connectivity index (χ1n) is 6.27. The minimum Gasteiger partial charge on any atom is -0.490 e. The fourth-order valence-corrected chi connectivity index (χ4v) is 1.77. The van der Waals surface area contributed by atoms with Crippen molar-refractivity contribution < 1.29 is 9.47 Å². The van der Waals surface area contributed by atoms with Gasteiger partial charge in [-0.2, -0.15) is 12.6 Å². The van der Waals surface area contributed by atoms with E-state index in [1.807, 2.05) is 24.3 Å². The monoisotopic (exact) mass is 254 g/mol. The van der Waals surface area contributed by atoms with E-state index in [0.717, 1.165) is 36.7 Å². The van der Waals surface area contributed by atoms with Gasteiger partial charge < -0.3 is 9.47 Å². The molecular weight excluding hydrogens is 232 g/mol. The summed E-state index contributed by atoms with van der Waals surface area (Å²) in [4.78, 5) is 0. The van der Waals surface area contributed by atoms with Gasteiger partial charge in [-0.25, -0.2) is 0 Å². The van der Waals surface area contributed by atoms with E-state index < -0.39 is 0 Å². The molecule has 0 bridgehead atoms. The van der Waals surface area contributed by atoms with E-state index in [4.69, 9.17) is 9.47 Å². The maximum Gasteiger partial charge on any atom is 0.161 e. The molecule has 0 amide bonds. The molecule has 0 fully saturated rings. The average Bonchev–Trinajstić information content (AvgIpc) is 2.38. The van der Waals surface area contributed by atoms with Crippen LogP contribution in [0, 0.1) is 5.92 Å². The van der Waals surface area contributed by atoms with Crippen LogP contribution in [0.15, 0.2) is 24.3 Å². The van der Waals surface area contributed by atoms with Crippen molar-refractivity contribution in [3.05, 3.63) is 24.3 Å². The van der Waals surface area contributed by atoms with Gasteiger partial charge in [0.1, 0.15) is 0 Å². The van der Waals surface area contributed by atoms with Crippen LogP contribution in [0.25, 0.3) is 0 Å². The molecule has 0 saturated carbocycles. The molecule has 0 saturated heterocycles. The second-order valence-electron chi connectivity index (χ2n) is 4.06. The van der Waals surface area contributed by atoms with E-state index in [2.05, 4.69) is 26.5 Å². The van der Waals surface area contributed by atoms with E-state index in [0.29, 0.717) is 12.5 Å². The minimum atomic E-state index is 0.498. The van der Waals surface area contributed by atoms with Crippen LogP contribution in [0.3, 0.4) is 0 Å². The lowest BCUT2D eigenvalue weighted by molar-refractivity contribution is 0.236. The molecule has 0 N–H and O–H groups in total. The zero-order valence-electron chi connectivity index (χ0n) is 10.7. The van der Waals surface area contributed by atoms with Gasteiger partial charge >= 0.3 is 0 Å². The second kappa shape index (κ2) is 8.29. The number of hydrogen-bond donors (Lipinski definition) is 1. The summed E-state index contributed by atoms with van der Waals surface area (Å²) in [6.45, 7) is 5.68. The molecule has 1 aromatic carbocycles. The summed E-state index contributed by atoms with van der Waals surface area (Å²) in [6, 6.07) is 7.84. The van der Waals surface area contributed by atoms with Gasteiger partial charge in [-0.05, 0) is 30.7 Å². The Kier molecular flexibility index (Phi) is 6.94. The predicted octanol–water partition coefficient (Wildman–Crippen LogP) is 3.81. The minimum absolute atomic E-state index is 0.498. The van der Waals surface area contributed by atoms with Gasteiger partial charge in [0.2, 0.25) is 0 Å². The summed E-state index contributed by atoms with van der Waals surface area (Å²) < 4.78 is 11.4. The highest BCUT2D eigenvalue weighted by atomic mass is 32.1. The summed E-state index contributed by atoms with van der Waals surface area (Å²) in [5.41, 5.74) is 0. The largest absolute Gasteiger partial charge is 0.490 e. The Balaban J connectivity index is 2.56. The van der Waals surface area contributed by atoms with Crippen LogP contribution in [-0.4, -0.2) is 19.0 Å². The zero-order chi connectivity index (χ0) is 12.5. The van der Waals surface area contributed by atoms with E-state index in [-0.39, 0.29) is 0 Å². The molecule has 0 spiro atoms. The van der Waals surface area contributed by atoms with Gasteiger partial charge in [-0.1, -0.05) is 26.0 Å². The Morgan fingerprint density at radius 2 is 1.76 bits per heavy atom. The van der Waals surface area contributed by atoms with Crippen molar-refractivity contribution in [3.63, 3.8) is 0 Å². The van der Waals surface area contributed by atoms with Gasteiger partial charge in [0.05, 0.1) is 13.2 Å². The molecule has 1 unspecified atom stereocenters. The maximum atomic E-state index is 5.80. The van der Waals surface area contributed by atoms with E-state index >= 15 is 0 Å². The third kappa shape index (κ3) is 4.90. The topological polar surface area (TPSA) is 18.5 Å². The molecule has 0 heterocycles. The quantitative estimate of drug-likeness (QED) is 0.711. The number of hydrogen-bond acceptors (Lipinski definition) is 3. The van der Waals surface area contributed by atoms with Gasteiger partial charge in [0, 0.05) is 5.92 Å².